The van der Waals surface area contributed by atoms with Gasteiger partial charge in [-0.05, 0) is 30.5 Å². The summed E-state index contributed by atoms with van der Waals surface area (Å²) in [6.45, 7) is 1.94. The Bertz CT molecular complexity index is 364. The fourth-order valence-corrected chi connectivity index (χ4v) is 1.97. The molecule has 1 amide bonds. The zero-order valence-corrected chi connectivity index (χ0v) is 11.5. The predicted molar refractivity (Wildman–Crippen MR) is 71.8 cm³/mol. The Labute approximate surface area is 110 Å². The van der Waals surface area contributed by atoms with Crippen molar-refractivity contribution in [2.24, 2.45) is 0 Å². The van der Waals surface area contributed by atoms with E-state index in [2.05, 4.69) is 21.2 Å². The molecule has 0 bridgehead atoms. The molecular weight excluding hydrogens is 282 g/mol. The summed E-state index contributed by atoms with van der Waals surface area (Å²) >= 11 is 3.40. The molecule has 3 nitrogen and oxygen atoms in total. The van der Waals surface area contributed by atoms with Gasteiger partial charge >= 0.3 is 0 Å². The van der Waals surface area contributed by atoms with E-state index in [4.69, 9.17) is 5.11 Å². The minimum absolute atomic E-state index is 0.000868. The van der Waals surface area contributed by atoms with Gasteiger partial charge in [0, 0.05) is 10.9 Å². The summed E-state index contributed by atoms with van der Waals surface area (Å²) in [6, 6.07) is 7.81. The first-order valence-electron chi connectivity index (χ1n) is 5.80. The first-order valence-corrected chi connectivity index (χ1v) is 6.59. The standard InChI is InChI=1S/C13H18BrNO2/c1-2-12(9-16)15-13(17)7-6-10-4-3-5-11(14)8-10/h3-5,8,12,16H,2,6-7,9H2,1H3,(H,15,17). The molecule has 0 fully saturated rings. The molecule has 0 saturated heterocycles. The van der Waals surface area contributed by atoms with Crippen LogP contribution in [-0.2, 0) is 11.2 Å². The number of aliphatic hydroxyl groups excluding tert-OH is 1. The van der Waals surface area contributed by atoms with Crippen LogP contribution in [0.25, 0.3) is 0 Å². The molecule has 94 valence electrons. The Balaban J connectivity index is 2.38. The molecule has 2 N–H and O–H groups in total. The second-order valence-corrected chi connectivity index (χ2v) is 4.90. The second-order valence-electron chi connectivity index (χ2n) is 3.99. The maximum Gasteiger partial charge on any atom is 0.220 e. The van der Waals surface area contributed by atoms with Gasteiger partial charge in [0.25, 0.3) is 0 Å². The van der Waals surface area contributed by atoms with Crippen LogP contribution < -0.4 is 5.32 Å². The number of halogens is 1. The molecule has 1 aromatic carbocycles. The molecule has 0 radical (unpaired) electrons. The van der Waals surface area contributed by atoms with Crippen LogP contribution in [-0.4, -0.2) is 23.7 Å². The zero-order chi connectivity index (χ0) is 12.7. The summed E-state index contributed by atoms with van der Waals surface area (Å²) in [5, 5.41) is 11.8. The number of hydrogen-bond donors (Lipinski definition) is 2. The van der Waals surface area contributed by atoms with Gasteiger partial charge in [-0.2, -0.15) is 0 Å². The highest BCUT2D eigenvalue weighted by molar-refractivity contribution is 9.10. The quantitative estimate of drug-likeness (QED) is 0.846. The molecule has 1 rings (SSSR count). The minimum Gasteiger partial charge on any atom is -0.394 e. The third-order valence-corrected chi connectivity index (χ3v) is 3.10. The number of aryl methyl sites for hydroxylation is 1. The van der Waals surface area contributed by atoms with Crippen LogP contribution in [0.15, 0.2) is 28.7 Å². The van der Waals surface area contributed by atoms with Crippen LogP contribution >= 0.6 is 15.9 Å². The molecule has 4 heteroatoms. The van der Waals surface area contributed by atoms with E-state index < -0.39 is 0 Å². The van der Waals surface area contributed by atoms with Crippen molar-refractivity contribution in [2.45, 2.75) is 32.2 Å². The summed E-state index contributed by atoms with van der Waals surface area (Å²) in [4.78, 5) is 11.6. The number of nitrogens with one attached hydrogen (secondary N) is 1. The van der Waals surface area contributed by atoms with Crippen LogP contribution in [0.2, 0.25) is 0 Å². The molecule has 0 aliphatic carbocycles. The zero-order valence-electron chi connectivity index (χ0n) is 9.95. The maximum absolute atomic E-state index is 11.6. The highest BCUT2D eigenvalue weighted by Crippen LogP contribution is 2.12. The molecule has 0 aliphatic rings. The van der Waals surface area contributed by atoms with Gasteiger partial charge in [-0.3, -0.25) is 4.79 Å². The van der Waals surface area contributed by atoms with Crippen molar-refractivity contribution in [3.05, 3.63) is 34.3 Å². The molecule has 17 heavy (non-hydrogen) atoms. The molecule has 0 heterocycles. The number of carbonyl (C=O) groups is 1. The van der Waals surface area contributed by atoms with E-state index in [9.17, 15) is 4.79 Å². The van der Waals surface area contributed by atoms with Crippen LogP contribution in [0.5, 0.6) is 0 Å². The summed E-state index contributed by atoms with van der Waals surface area (Å²) < 4.78 is 1.03. The number of benzene rings is 1. The van der Waals surface area contributed by atoms with Gasteiger partial charge in [-0.15, -0.1) is 0 Å². The van der Waals surface area contributed by atoms with E-state index in [0.717, 1.165) is 16.5 Å². The van der Waals surface area contributed by atoms with Crippen LogP contribution in [0.1, 0.15) is 25.3 Å². The lowest BCUT2D eigenvalue weighted by Gasteiger charge is -2.13. The maximum atomic E-state index is 11.6. The number of amides is 1. The number of carbonyl (C=O) groups excluding carboxylic acids is 1. The normalized spacial score (nSPS) is 12.2. The molecule has 0 aliphatic heterocycles. The van der Waals surface area contributed by atoms with Crippen LogP contribution in [0.4, 0.5) is 0 Å². The van der Waals surface area contributed by atoms with E-state index in [1.54, 1.807) is 0 Å². The first-order chi connectivity index (χ1) is 8.15. The Morgan fingerprint density at radius 2 is 2.29 bits per heavy atom. The van der Waals surface area contributed by atoms with Gasteiger partial charge in [0.05, 0.1) is 12.6 Å². The lowest BCUT2D eigenvalue weighted by atomic mass is 10.1. The fraction of sp³-hybridized carbons (Fsp3) is 0.462. The largest absolute Gasteiger partial charge is 0.394 e. The topological polar surface area (TPSA) is 49.3 Å². The predicted octanol–water partition coefficient (Wildman–Crippen LogP) is 2.27. The summed E-state index contributed by atoms with van der Waals surface area (Å²) in [5.41, 5.74) is 1.13. The van der Waals surface area contributed by atoms with Crippen molar-refractivity contribution < 1.29 is 9.90 Å². The molecule has 0 aromatic heterocycles. The van der Waals surface area contributed by atoms with Gasteiger partial charge in [-0.1, -0.05) is 35.0 Å². The van der Waals surface area contributed by atoms with Crippen molar-refractivity contribution in [3.63, 3.8) is 0 Å². The SMILES string of the molecule is CCC(CO)NC(=O)CCc1cccc(Br)c1. The molecule has 1 aromatic rings. The van der Waals surface area contributed by atoms with E-state index in [0.29, 0.717) is 12.8 Å². The molecule has 0 saturated carbocycles. The highest BCUT2D eigenvalue weighted by atomic mass is 79.9. The third-order valence-electron chi connectivity index (χ3n) is 2.61. The average molecular weight is 300 g/mol. The lowest BCUT2D eigenvalue weighted by molar-refractivity contribution is -0.122. The first kappa shape index (κ1) is 14.2. The van der Waals surface area contributed by atoms with E-state index in [1.807, 2.05) is 31.2 Å². The smallest absolute Gasteiger partial charge is 0.220 e. The Morgan fingerprint density at radius 3 is 2.88 bits per heavy atom. The molecule has 1 unspecified atom stereocenters. The van der Waals surface area contributed by atoms with E-state index >= 15 is 0 Å². The molecule has 0 spiro atoms. The van der Waals surface area contributed by atoms with Gasteiger partial charge in [-0.25, -0.2) is 0 Å². The van der Waals surface area contributed by atoms with Crippen molar-refractivity contribution in [3.8, 4) is 0 Å². The van der Waals surface area contributed by atoms with Gasteiger partial charge in [0.15, 0.2) is 0 Å². The Morgan fingerprint density at radius 1 is 1.53 bits per heavy atom. The van der Waals surface area contributed by atoms with E-state index in [-0.39, 0.29) is 18.6 Å². The van der Waals surface area contributed by atoms with Crippen LogP contribution in [0, 0.1) is 0 Å². The highest BCUT2D eigenvalue weighted by Gasteiger charge is 2.08. The average Bonchev–Trinajstić information content (AvgIpc) is 2.33. The van der Waals surface area contributed by atoms with Gasteiger partial charge < -0.3 is 10.4 Å². The summed E-state index contributed by atoms with van der Waals surface area (Å²) in [7, 11) is 0. The lowest BCUT2D eigenvalue weighted by Crippen LogP contribution is -2.36. The summed E-state index contributed by atoms with van der Waals surface area (Å²) in [6.07, 6.45) is 1.92. The van der Waals surface area contributed by atoms with Crippen molar-refractivity contribution in [2.75, 3.05) is 6.61 Å². The monoisotopic (exact) mass is 299 g/mol. The molecular formula is C13H18BrNO2. The van der Waals surface area contributed by atoms with Crippen molar-refractivity contribution in [1.29, 1.82) is 0 Å². The van der Waals surface area contributed by atoms with Crippen LogP contribution in [0.3, 0.4) is 0 Å². The third kappa shape index (κ3) is 5.33. The van der Waals surface area contributed by atoms with Gasteiger partial charge in [0.2, 0.25) is 5.91 Å². The number of rotatable bonds is 6. The summed E-state index contributed by atoms with van der Waals surface area (Å²) in [5.74, 6) is -0.00845. The fourth-order valence-electron chi connectivity index (χ4n) is 1.53. The van der Waals surface area contributed by atoms with E-state index in [1.165, 1.54) is 0 Å². The second kappa shape index (κ2) is 7.45. The minimum atomic E-state index is -0.120. The van der Waals surface area contributed by atoms with Crippen molar-refractivity contribution >= 4 is 21.8 Å². The van der Waals surface area contributed by atoms with Crippen molar-refractivity contribution in [1.82, 2.24) is 5.32 Å². The number of aliphatic hydroxyl groups is 1. The Kier molecular flexibility index (Phi) is 6.22. The molecule has 1 atom stereocenters. The van der Waals surface area contributed by atoms with Gasteiger partial charge in [0.1, 0.15) is 0 Å². The Hall–Kier alpha value is -0.870. The number of hydrogen-bond acceptors (Lipinski definition) is 2.